The lowest BCUT2D eigenvalue weighted by Gasteiger charge is -2.33. The summed E-state index contributed by atoms with van der Waals surface area (Å²) in [5.74, 6) is 0.0351. The summed E-state index contributed by atoms with van der Waals surface area (Å²) in [7, 11) is 0. The van der Waals surface area contributed by atoms with Gasteiger partial charge >= 0.3 is 0 Å². The lowest BCUT2D eigenvalue weighted by molar-refractivity contribution is 0.0632. The van der Waals surface area contributed by atoms with E-state index in [-0.39, 0.29) is 11.9 Å². The van der Waals surface area contributed by atoms with Crippen molar-refractivity contribution >= 4 is 28.5 Å². The lowest BCUT2D eigenvalue weighted by atomic mass is 10.0. The molecule has 1 atom stereocenters. The van der Waals surface area contributed by atoms with Gasteiger partial charge in [0.2, 0.25) is 0 Å². The van der Waals surface area contributed by atoms with Crippen LogP contribution >= 0.6 is 11.6 Å². The number of nitrogens with one attached hydrogen (secondary N) is 1. The third kappa shape index (κ3) is 3.49. The highest BCUT2D eigenvalue weighted by Crippen LogP contribution is 2.34. The number of hydrogen-bond donors (Lipinski definition) is 1. The fraction of sp³-hybridized carbons (Fsp3) is 0.143. The summed E-state index contributed by atoms with van der Waals surface area (Å²) in [4.78, 5) is 23.3. The first-order valence-electron chi connectivity index (χ1n) is 11.4. The number of H-pyrrole nitrogens is 1. The number of aromatic amines is 1. The van der Waals surface area contributed by atoms with Crippen molar-refractivity contribution in [1.82, 2.24) is 19.4 Å². The number of pyridine rings is 1. The van der Waals surface area contributed by atoms with E-state index in [9.17, 15) is 4.79 Å². The van der Waals surface area contributed by atoms with Crippen LogP contribution in [0.15, 0.2) is 85.3 Å². The van der Waals surface area contributed by atoms with Gasteiger partial charge in [-0.2, -0.15) is 0 Å². The van der Waals surface area contributed by atoms with Crippen LogP contribution in [0.1, 0.15) is 29.0 Å². The van der Waals surface area contributed by atoms with Gasteiger partial charge in [0.25, 0.3) is 5.91 Å². The Hall–Kier alpha value is -3.83. The first-order chi connectivity index (χ1) is 16.6. The molecule has 0 saturated carbocycles. The van der Waals surface area contributed by atoms with E-state index < -0.39 is 0 Å². The maximum absolute atomic E-state index is 13.5. The number of aromatic nitrogens is 3. The Bertz CT molecular complexity index is 1520. The highest BCUT2D eigenvalue weighted by atomic mass is 35.5. The molecule has 5 nitrogen and oxygen atoms in total. The Morgan fingerprint density at radius 1 is 0.971 bits per heavy atom. The van der Waals surface area contributed by atoms with Crippen LogP contribution in [0.4, 0.5) is 0 Å². The smallest absolute Gasteiger partial charge is 0.271 e. The number of carbonyl (C=O) groups is 1. The van der Waals surface area contributed by atoms with Gasteiger partial charge in [0, 0.05) is 58.8 Å². The molecule has 0 aliphatic carbocycles. The molecule has 4 heterocycles. The average molecular weight is 467 g/mol. The third-order valence-corrected chi connectivity index (χ3v) is 6.94. The van der Waals surface area contributed by atoms with E-state index >= 15 is 0 Å². The number of amides is 1. The van der Waals surface area contributed by atoms with Crippen LogP contribution in [0, 0.1) is 0 Å². The third-order valence-electron chi connectivity index (χ3n) is 6.71. The van der Waals surface area contributed by atoms with Gasteiger partial charge in [0.15, 0.2) is 0 Å². The maximum Gasteiger partial charge on any atom is 0.271 e. The van der Waals surface area contributed by atoms with Crippen molar-refractivity contribution in [3.05, 3.63) is 102 Å². The first-order valence-corrected chi connectivity index (χ1v) is 11.8. The molecule has 0 fully saturated rings. The van der Waals surface area contributed by atoms with Crippen molar-refractivity contribution in [2.75, 3.05) is 6.54 Å². The minimum absolute atomic E-state index is 0.0351. The Labute approximate surface area is 202 Å². The molecule has 0 spiro atoms. The second kappa shape index (κ2) is 8.19. The number of halogens is 1. The Morgan fingerprint density at radius 3 is 2.65 bits per heavy atom. The fourth-order valence-corrected chi connectivity index (χ4v) is 5.03. The van der Waals surface area contributed by atoms with Crippen LogP contribution < -0.4 is 0 Å². The summed E-state index contributed by atoms with van der Waals surface area (Å²) < 4.78 is 2.06. The second-order valence-corrected chi connectivity index (χ2v) is 9.16. The minimum atomic E-state index is -0.0518. The van der Waals surface area contributed by atoms with E-state index in [2.05, 4.69) is 45.9 Å². The van der Waals surface area contributed by atoms with Crippen LogP contribution in [0.5, 0.6) is 0 Å². The molecule has 1 aliphatic rings. The van der Waals surface area contributed by atoms with Crippen LogP contribution in [0.3, 0.4) is 0 Å². The largest absolute Gasteiger partial charge is 0.346 e. The van der Waals surface area contributed by atoms with E-state index in [0.717, 1.165) is 45.4 Å². The number of nitrogens with zero attached hydrogens (tertiary/aromatic N) is 3. The summed E-state index contributed by atoms with van der Waals surface area (Å²) in [6.45, 7) is 3.46. The highest BCUT2D eigenvalue weighted by molar-refractivity contribution is 6.30. The number of rotatable bonds is 4. The highest BCUT2D eigenvalue weighted by Gasteiger charge is 2.30. The van der Waals surface area contributed by atoms with E-state index in [1.807, 2.05) is 65.8 Å². The van der Waals surface area contributed by atoms with Gasteiger partial charge < -0.3 is 14.5 Å². The standard InChI is InChI=1S/C28H23ClN4O/c1-18(20-8-5-9-23(29)12-20)33-11-10-32-17-22(14-26(32)28(33)34)25-16-31-27-24(25)13-21(15-30-27)19-6-3-2-4-7-19/h2-9,12-18H,10-11H2,1H3,(H,30,31). The maximum atomic E-state index is 13.5. The number of hydrogen-bond acceptors (Lipinski definition) is 2. The molecule has 3 aromatic heterocycles. The van der Waals surface area contributed by atoms with Gasteiger partial charge in [-0.15, -0.1) is 0 Å². The molecule has 1 N–H and O–H groups in total. The summed E-state index contributed by atoms with van der Waals surface area (Å²) in [5, 5.41) is 1.73. The second-order valence-electron chi connectivity index (χ2n) is 8.73. The van der Waals surface area contributed by atoms with Crippen molar-refractivity contribution in [3.63, 3.8) is 0 Å². The molecule has 1 aliphatic heterocycles. The van der Waals surface area contributed by atoms with Gasteiger partial charge in [0.1, 0.15) is 11.3 Å². The van der Waals surface area contributed by atoms with Crippen LogP contribution in [0.25, 0.3) is 33.3 Å². The van der Waals surface area contributed by atoms with Crippen molar-refractivity contribution in [3.8, 4) is 22.3 Å². The van der Waals surface area contributed by atoms with Crippen LogP contribution in [-0.4, -0.2) is 31.9 Å². The molecule has 1 unspecified atom stereocenters. The number of fused-ring (bicyclic) bond motifs is 2. The monoisotopic (exact) mass is 466 g/mol. The zero-order valence-electron chi connectivity index (χ0n) is 18.7. The Balaban J connectivity index is 1.35. The van der Waals surface area contributed by atoms with Crippen LogP contribution in [-0.2, 0) is 6.54 Å². The SMILES string of the molecule is CC(c1cccc(Cl)c1)N1CCn2cc(-c3c[nH]c4ncc(-c5ccccc5)cc34)cc2C1=O. The quantitative estimate of drug-likeness (QED) is 0.325. The van der Waals surface area contributed by atoms with Gasteiger partial charge in [-0.3, -0.25) is 4.79 Å². The minimum Gasteiger partial charge on any atom is -0.346 e. The van der Waals surface area contributed by atoms with Gasteiger partial charge in [0.05, 0.1) is 6.04 Å². The Kier molecular flexibility index (Phi) is 5.00. The van der Waals surface area contributed by atoms with Crippen molar-refractivity contribution < 1.29 is 4.79 Å². The molecular formula is C28H23ClN4O. The van der Waals surface area contributed by atoms with Crippen molar-refractivity contribution in [2.45, 2.75) is 19.5 Å². The zero-order valence-corrected chi connectivity index (χ0v) is 19.5. The molecule has 1 amide bonds. The zero-order chi connectivity index (χ0) is 23.2. The summed E-state index contributed by atoms with van der Waals surface area (Å²) in [6.07, 6.45) is 5.94. The number of benzene rings is 2. The first kappa shape index (κ1) is 20.8. The molecule has 6 rings (SSSR count). The van der Waals surface area contributed by atoms with Crippen molar-refractivity contribution in [1.29, 1.82) is 0 Å². The average Bonchev–Trinajstić information content (AvgIpc) is 3.48. The number of carbonyl (C=O) groups excluding carboxylic acids is 1. The molecular weight excluding hydrogens is 444 g/mol. The van der Waals surface area contributed by atoms with E-state index in [1.54, 1.807) is 0 Å². The predicted molar refractivity (Wildman–Crippen MR) is 136 cm³/mol. The molecule has 2 aromatic carbocycles. The molecule has 34 heavy (non-hydrogen) atoms. The van der Waals surface area contributed by atoms with E-state index in [4.69, 9.17) is 11.6 Å². The molecule has 168 valence electrons. The Morgan fingerprint density at radius 2 is 1.82 bits per heavy atom. The van der Waals surface area contributed by atoms with Gasteiger partial charge in [-0.05, 0) is 42.3 Å². The summed E-state index contributed by atoms with van der Waals surface area (Å²) in [5.41, 5.74) is 6.83. The molecule has 5 aromatic rings. The molecule has 0 saturated heterocycles. The lowest BCUT2D eigenvalue weighted by Crippen LogP contribution is -2.41. The van der Waals surface area contributed by atoms with Gasteiger partial charge in [-0.1, -0.05) is 54.1 Å². The normalized spacial score (nSPS) is 14.4. The molecule has 0 bridgehead atoms. The van der Waals surface area contributed by atoms with Crippen LogP contribution in [0.2, 0.25) is 5.02 Å². The van der Waals surface area contributed by atoms with E-state index in [1.165, 1.54) is 0 Å². The van der Waals surface area contributed by atoms with Gasteiger partial charge in [-0.25, -0.2) is 4.98 Å². The predicted octanol–water partition coefficient (Wildman–Crippen LogP) is 6.57. The summed E-state index contributed by atoms with van der Waals surface area (Å²) >= 11 is 6.19. The molecule has 6 heteroatoms. The van der Waals surface area contributed by atoms with Crippen molar-refractivity contribution in [2.24, 2.45) is 0 Å². The molecule has 0 radical (unpaired) electrons. The fourth-order valence-electron chi connectivity index (χ4n) is 4.83. The summed E-state index contributed by atoms with van der Waals surface area (Å²) in [6, 6.07) is 22.1. The topological polar surface area (TPSA) is 53.9 Å². The van der Waals surface area contributed by atoms with E-state index in [0.29, 0.717) is 17.3 Å².